The first kappa shape index (κ1) is 13.6. The summed E-state index contributed by atoms with van der Waals surface area (Å²) in [4.78, 5) is 9.37. The monoisotopic (exact) mass is 212 g/mol. The zero-order chi connectivity index (χ0) is 11.7. The molecule has 0 aliphatic carbocycles. The molecule has 4 nitrogen and oxygen atoms in total. The first-order valence-corrected chi connectivity index (χ1v) is 4.67. The Morgan fingerprint density at radius 1 is 1.33 bits per heavy atom. The molecule has 1 atom stereocenters. The summed E-state index contributed by atoms with van der Waals surface area (Å²) in [6.45, 7) is 1.38. The molecule has 0 amide bonds. The molecular formula is C11H16O4. The van der Waals surface area contributed by atoms with Gasteiger partial charge in [-0.2, -0.15) is 0 Å². The normalized spacial score (nSPS) is 11.1. The molecule has 0 aromatic heterocycles. The SMILES string of the molecule is CCC(=O)O.OCC(O)c1ccccc1. The van der Waals surface area contributed by atoms with Crippen molar-refractivity contribution in [2.75, 3.05) is 6.61 Å². The van der Waals surface area contributed by atoms with Crippen molar-refractivity contribution in [2.24, 2.45) is 0 Å². The number of aliphatic carboxylic acids is 1. The van der Waals surface area contributed by atoms with Gasteiger partial charge in [0.25, 0.3) is 0 Å². The van der Waals surface area contributed by atoms with Crippen LogP contribution in [0.3, 0.4) is 0 Å². The highest BCUT2D eigenvalue weighted by molar-refractivity contribution is 5.66. The molecule has 0 saturated heterocycles. The van der Waals surface area contributed by atoms with Crippen LogP contribution in [0.2, 0.25) is 0 Å². The van der Waals surface area contributed by atoms with Crippen LogP contribution in [0, 0.1) is 0 Å². The van der Waals surface area contributed by atoms with Crippen LogP contribution in [0.1, 0.15) is 25.0 Å². The topological polar surface area (TPSA) is 77.8 Å². The van der Waals surface area contributed by atoms with E-state index in [1.54, 1.807) is 19.1 Å². The fourth-order valence-electron chi connectivity index (χ4n) is 0.781. The number of carbonyl (C=O) groups is 1. The van der Waals surface area contributed by atoms with E-state index in [9.17, 15) is 4.79 Å². The zero-order valence-corrected chi connectivity index (χ0v) is 8.63. The van der Waals surface area contributed by atoms with E-state index in [-0.39, 0.29) is 13.0 Å². The van der Waals surface area contributed by atoms with Gasteiger partial charge < -0.3 is 15.3 Å². The van der Waals surface area contributed by atoms with Crippen molar-refractivity contribution in [2.45, 2.75) is 19.4 Å². The van der Waals surface area contributed by atoms with Gasteiger partial charge in [-0.05, 0) is 5.56 Å². The second kappa shape index (κ2) is 7.96. The minimum absolute atomic E-state index is 0.218. The van der Waals surface area contributed by atoms with E-state index in [2.05, 4.69) is 0 Å². The molecule has 0 fully saturated rings. The van der Waals surface area contributed by atoms with Crippen LogP contribution in [-0.2, 0) is 4.79 Å². The smallest absolute Gasteiger partial charge is 0.303 e. The Hall–Kier alpha value is -1.39. The van der Waals surface area contributed by atoms with Gasteiger partial charge >= 0.3 is 5.97 Å². The molecular weight excluding hydrogens is 196 g/mol. The largest absolute Gasteiger partial charge is 0.481 e. The minimum Gasteiger partial charge on any atom is -0.481 e. The lowest BCUT2D eigenvalue weighted by Gasteiger charge is -2.05. The number of benzene rings is 1. The molecule has 15 heavy (non-hydrogen) atoms. The number of carboxylic acid groups (broad SMARTS) is 1. The third-order valence-corrected chi connectivity index (χ3v) is 1.66. The molecule has 0 radical (unpaired) electrons. The highest BCUT2D eigenvalue weighted by atomic mass is 16.4. The molecule has 1 unspecified atom stereocenters. The van der Waals surface area contributed by atoms with E-state index < -0.39 is 12.1 Å². The molecule has 1 rings (SSSR count). The maximum Gasteiger partial charge on any atom is 0.303 e. The highest BCUT2D eigenvalue weighted by Gasteiger charge is 2.02. The van der Waals surface area contributed by atoms with Gasteiger partial charge in [-0.15, -0.1) is 0 Å². The highest BCUT2D eigenvalue weighted by Crippen LogP contribution is 2.09. The van der Waals surface area contributed by atoms with Gasteiger partial charge in [0.15, 0.2) is 0 Å². The van der Waals surface area contributed by atoms with Gasteiger partial charge in [0.1, 0.15) is 6.10 Å². The number of hydrogen-bond donors (Lipinski definition) is 3. The van der Waals surface area contributed by atoms with Gasteiger partial charge in [-0.25, -0.2) is 0 Å². The first-order valence-electron chi connectivity index (χ1n) is 4.67. The summed E-state index contributed by atoms with van der Waals surface area (Å²) in [5.74, 6) is -0.745. The summed E-state index contributed by atoms with van der Waals surface area (Å²) >= 11 is 0. The Kier molecular flexibility index (Phi) is 7.23. The lowest BCUT2D eigenvalue weighted by Crippen LogP contribution is -2.01. The van der Waals surface area contributed by atoms with Gasteiger partial charge in [-0.3, -0.25) is 4.79 Å². The zero-order valence-electron chi connectivity index (χ0n) is 8.63. The fraction of sp³-hybridized carbons (Fsp3) is 0.364. The van der Waals surface area contributed by atoms with E-state index in [4.69, 9.17) is 15.3 Å². The lowest BCUT2D eigenvalue weighted by atomic mass is 10.1. The van der Waals surface area contributed by atoms with E-state index in [1.807, 2.05) is 18.2 Å². The summed E-state index contributed by atoms with van der Waals surface area (Å²) < 4.78 is 0. The Labute approximate surface area is 88.8 Å². The van der Waals surface area contributed by atoms with Crippen molar-refractivity contribution in [3.63, 3.8) is 0 Å². The lowest BCUT2D eigenvalue weighted by molar-refractivity contribution is -0.136. The van der Waals surface area contributed by atoms with Crippen LogP contribution in [0.4, 0.5) is 0 Å². The van der Waals surface area contributed by atoms with Crippen LogP contribution in [0.15, 0.2) is 30.3 Å². The van der Waals surface area contributed by atoms with Gasteiger partial charge in [-0.1, -0.05) is 37.3 Å². The van der Waals surface area contributed by atoms with E-state index in [0.29, 0.717) is 0 Å². The molecule has 0 heterocycles. The standard InChI is InChI=1S/C8H10O2.C3H6O2/c9-6-8(10)7-4-2-1-3-5-7;1-2-3(4)5/h1-5,8-10H,6H2;2H2,1H3,(H,4,5). The Bertz CT molecular complexity index is 271. The molecule has 4 heteroatoms. The van der Waals surface area contributed by atoms with Crippen molar-refractivity contribution in [3.8, 4) is 0 Å². The summed E-state index contributed by atoms with van der Waals surface area (Å²) in [6.07, 6.45) is -0.513. The van der Waals surface area contributed by atoms with Crippen molar-refractivity contribution in [1.29, 1.82) is 0 Å². The average Bonchev–Trinajstić information content (AvgIpc) is 2.30. The second-order valence-corrected chi connectivity index (χ2v) is 2.86. The minimum atomic E-state index is -0.745. The Morgan fingerprint density at radius 2 is 1.80 bits per heavy atom. The summed E-state index contributed by atoms with van der Waals surface area (Å²) in [5, 5.41) is 25.3. The Balaban J connectivity index is 0.000000336. The molecule has 0 aliphatic rings. The van der Waals surface area contributed by atoms with Crippen molar-refractivity contribution >= 4 is 5.97 Å². The molecule has 1 aromatic carbocycles. The number of aliphatic hydroxyl groups is 2. The van der Waals surface area contributed by atoms with Crippen LogP contribution in [0.25, 0.3) is 0 Å². The summed E-state index contributed by atoms with van der Waals surface area (Å²) in [5.41, 5.74) is 0.755. The third-order valence-electron chi connectivity index (χ3n) is 1.66. The van der Waals surface area contributed by atoms with Gasteiger partial charge in [0.2, 0.25) is 0 Å². The summed E-state index contributed by atoms with van der Waals surface area (Å²) in [6, 6.07) is 9.08. The van der Waals surface area contributed by atoms with Crippen molar-refractivity contribution < 1.29 is 20.1 Å². The molecule has 84 valence electrons. The fourth-order valence-corrected chi connectivity index (χ4v) is 0.781. The third kappa shape index (κ3) is 6.65. The van der Waals surface area contributed by atoms with Gasteiger partial charge in [0, 0.05) is 6.42 Å². The molecule has 3 N–H and O–H groups in total. The second-order valence-electron chi connectivity index (χ2n) is 2.86. The molecule has 0 saturated carbocycles. The van der Waals surface area contributed by atoms with Crippen LogP contribution >= 0.6 is 0 Å². The quantitative estimate of drug-likeness (QED) is 0.703. The first-order chi connectivity index (χ1) is 7.11. The van der Waals surface area contributed by atoms with Crippen LogP contribution in [0.5, 0.6) is 0 Å². The number of rotatable bonds is 3. The predicted octanol–water partition coefficient (Wildman–Crippen LogP) is 1.19. The van der Waals surface area contributed by atoms with E-state index in [0.717, 1.165) is 5.56 Å². The Morgan fingerprint density at radius 3 is 2.13 bits per heavy atom. The van der Waals surface area contributed by atoms with Crippen LogP contribution < -0.4 is 0 Å². The van der Waals surface area contributed by atoms with Crippen molar-refractivity contribution in [1.82, 2.24) is 0 Å². The number of hydrogen-bond acceptors (Lipinski definition) is 3. The number of carboxylic acids is 1. The maximum absolute atomic E-state index is 9.37. The predicted molar refractivity (Wildman–Crippen MR) is 56.4 cm³/mol. The molecule has 0 aliphatic heterocycles. The van der Waals surface area contributed by atoms with Gasteiger partial charge in [0.05, 0.1) is 6.61 Å². The summed E-state index contributed by atoms with van der Waals surface area (Å²) in [7, 11) is 0. The molecule has 0 spiro atoms. The van der Waals surface area contributed by atoms with Crippen LogP contribution in [-0.4, -0.2) is 27.9 Å². The molecule has 0 bridgehead atoms. The van der Waals surface area contributed by atoms with E-state index in [1.165, 1.54) is 0 Å². The molecule has 1 aromatic rings. The maximum atomic E-state index is 9.37. The number of aliphatic hydroxyl groups excluding tert-OH is 2. The van der Waals surface area contributed by atoms with E-state index >= 15 is 0 Å². The average molecular weight is 212 g/mol. The van der Waals surface area contributed by atoms with Crippen molar-refractivity contribution in [3.05, 3.63) is 35.9 Å².